The van der Waals surface area contributed by atoms with Crippen LogP contribution in [-0.2, 0) is 19.1 Å². The van der Waals surface area contributed by atoms with Gasteiger partial charge >= 0.3 is 12.4 Å². The van der Waals surface area contributed by atoms with Crippen LogP contribution in [0.15, 0.2) is 0 Å². The Balaban J connectivity index is 3.75. The standard InChI is InChI=1S/C8H14NO4/c1-3-6(2)7(9)8(11)13-5-12-4-10/h6-7H,3,5,9H2,1-2H3. The van der Waals surface area contributed by atoms with E-state index in [0.29, 0.717) is 0 Å². The van der Waals surface area contributed by atoms with E-state index in [1.807, 2.05) is 13.8 Å². The summed E-state index contributed by atoms with van der Waals surface area (Å²) in [7, 11) is 0. The molecule has 2 N–H and O–H groups in total. The number of hydrogen-bond donors (Lipinski definition) is 1. The van der Waals surface area contributed by atoms with Crippen LogP contribution in [0.1, 0.15) is 20.3 Å². The lowest BCUT2D eigenvalue weighted by Gasteiger charge is -2.15. The summed E-state index contributed by atoms with van der Waals surface area (Å²) in [6.07, 6.45) is 0.789. The van der Waals surface area contributed by atoms with Crippen molar-refractivity contribution in [2.45, 2.75) is 26.3 Å². The molecule has 0 amide bonds. The molecule has 0 saturated carbocycles. The van der Waals surface area contributed by atoms with E-state index in [2.05, 4.69) is 9.47 Å². The summed E-state index contributed by atoms with van der Waals surface area (Å²) in [6.45, 7) is 4.48. The van der Waals surface area contributed by atoms with Gasteiger partial charge in [-0.25, -0.2) is 4.79 Å². The Hall–Kier alpha value is -1.10. The Kier molecular flexibility index (Phi) is 5.88. The summed E-state index contributed by atoms with van der Waals surface area (Å²) in [5, 5.41) is 0. The fourth-order valence-corrected chi connectivity index (χ4v) is 0.694. The highest BCUT2D eigenvalue weighted by atomic mass is 16.7. The Morgan fingerprint density at radius 1 is 1.62 bits per heavy atom. The number of carbonyl (C=O) groups is 1. The van der Waals surface area contributed by atoms with Gasteiger partial charge in [0.25, 0.3) is 0 Å². The maximum absolute atomic E-state index is 11.1. The fraction of sp³-hybridized carbons (Fsp3) is 0.750. The molecule has 5 heteroatoms. The number of hydrogen-bond acceptors (Lipinski definition) is 5. The van der Waals surface area contributed by atoms with E-state index in [1.165, 1.54) is 0 Å². The molecule has 0 aliphatic carbocycles. The van der Waals surface area contributed by atoms with Gasteiger partial charge in [0.15, 0.2) is 0 Å². The van der Waals surface area contributed by atoms with Crippen molar-refractivity contribution >= 4 is 12.4 Å². The van der Waals surface area contributed by atoms with Crippen LogP contribution in [0.3, 0.4) is 0 Å². The molecule has 0 fully saturated rings. The first-order valence-corrected chi connectivity index (χ1v) is 4.04. The lowest BCUT2D eigenvalue weighted by atomic mass is 10.0. The molecule has 0 aromatic carbocycles. The Morgan fingerprint density at radius 3 is 2.69 bits per heavy atom. The van der Waals surface area contributed by atoms with E-state index in [4.69, 9.17) is 5.73 Å². The highest BCUT2D eigenvalue weighted by molar-refractivity contribution is 5.75. The first kappa shape index (κ1) is 11.9. The third-order valence-corrected chi connectivity index (χ3v) is 1.85. The number of esters is 1. The molecule has 1 radical (unpaired) electrons. The van der Waals surface area contributed by atoms with Crippen LogP contribution >= 0.6 is 0 Å². The van der Waals surface area contributed by atoms with Crippen LogP contribution in [0.2, 0.25) is 0 Å². The zero-order valence-electron chi connectivity index (χ0n) is 7.78. The van der Waals surface area contributed by atoms with Crippen molar-refractivity contribution in [2.75, 3.05) is 6.79 Å². The van der Waals surface area contributed by atoms with Gasteiger partial charge in [0, 0.05) is 0 Å². The molecular weight excluding hydrogens is 174 g/mol. The zero-order valence-corrected chi connectivity index (χ0v) is 7.78. The predicted molar refractivity (Wildman–Crippen MR) is 45.2 cm³/mol. The molecule has 13 heavy (non-hydrogen) atoms. The van der Waals surface area contributed by atoms with Crippen molar-refractivity contribution in [3.8, 4) is 0 Å². The predicted octanol–water partition coefficient (Wildman–Crippen LogP) is -0.0557. The lowest BCUT2D eigenvalue weighted by Crippen LogP contribution is -2.38. The quantitative estimate of drug-likeness (QED) is 0.359. The molecule has 2 atom stereocenters. The summed E-state index contributed by atoms with van der Waals surface area (Å²) >= 11 is 0. The van der Waals surface area contributed by atoms with Crippen molar-refractivity contribution in [1.29, 1.82) is 0 Å². The van der Waals surface area contributed by atoms with Gasteiger partial charge in [-0.2, -0.15) is 0 Å². The van der Waals surface area contributed by atoms with Gasteiger partial charge in [-0.1, -0.05) is 20.3 Å². The zero-order chi connectivity index (χ0) is 10.3. The molecule has 0 aliphatic rings. The molecule has 0 spiro atoms. The summed E-state index contributed by atoms with van der Waals surface area (Å²) in [5.41, 5.74) is 5.52. The molecule has 0 saturated heterocycles. The van der Waals surface area contributed by atoms with Crippen LogP contribution in [0.4, 0.5) is 0 Å². The van der Waals surface area contributed by atoms with E-state index in [1.54, 1.807) is 0 Å². The number of ether oxygens (including phenoxy) is 2. The van der Waals surface area contributed by atoms with E-state index in [-0.39, 0.29) is 5.92 Å². The van der Waals surface area contributed by atoms with Crippen LogP contribution in [0.5, 0.6) is 0 Å². The second-order valence-electron chi connectivity index (χ2n) is 2.72. The van der Waals surface area contributed by atoms with Gasteiger partial charge in [0.05, 0.1) is 0 Å². The highest BCUT2D eigenvalue weighted by Crippen LogP contribution is 2.06. The van der Waals surface area contributed by atoms with Crippen molar-refractivity contribution in [3.05, 3.63) is 0 Å². The van der Waals surface area contributed by atoms with Crippen molar-refractivity contribution in [1.82, 2.24) is 0 Å². The van der Waals surface area contributed by atoms with Gasteiger partial charge in [0.1, 0.15) is 6.04 Å². The maximum atomic E-state index is 11.1. The van der Waals surface area contributed by atoms with Crippen molar-refractivity contribution < 1.29 is 19.1 Å². The summed E-state index contributed by atoms with van der Waals surface area (Å²) in [4.78, 5) is 20.6. The fourth-order valence-electron chi connectivity index (χ4n) is 0.694. The van der Waals surface area contributed by atoms with E-state index in [9.17, 15) is 9.59 Å². The smallest absolute Gasteiger partial charge is 0.420 e. The van der Waals surface area contributed by atoms with E-state index in [0.717, 1.165) is 12.9 Å². The Bertz CT molecular complexity index is 172. The number of nitrogens with two attached hydrogens (primary N) is 1. The minimum atomic E-state index is -0.666. The molecule has 2 unspecified atom stereocenters. The van der Waals surface area contributed by atoms with Crippen molar-refractivity contribution in [3.63, 3.8) is 0 Å². The average Bonchev–Trinajstić information content (AvgIpc) is 2.15. The number of rotatable bonds is 6. The molecule has 0 aromatic heterocycles. The van der Waals surface area contributed by atoms with Crippen LogP contribution in [0.25, 0.3) is 0 Å². The molecular formula is C8H14NO4. The van der Waals surface area contributed by atoms with E-state index < -0.39 is 18.8 Å². The third-order valence-electron chi connectivity index (χ3n) is 1.85. The summed E-state index contributed by atoms with van der Waals surface area (Å²) < 4.78 is 8.58. The van der Waals surface area contributed by atoms with Crippen LogP contribution in [-0.4, -0.2) is 25.3 Å². The van der Waals surface area contributed by atoms with Crippen molar-refractivity contribution in [2.24, 2.45) is 11.7 Å². The normalized spacial score (nSPS) is 14.4. The molecule has 0 aromatic rings. The lowest BCUT2D eigenvalue weighted by molar-refractivity contribution is -0.153. The van der Waals surface area contributed by atoms with Gasteiger partial charge < -0.3 is 15.2 Å². The summed E-state index contributed by atoms with van der Waals surface area (Å²) in [6, 6.07) is -0.666. The van der Waals surface area contributed by atoms with E-state index >= 15 is 0 Å². The Labute approximate surface area is 77.2 Å². The molecule has 0 aliphatic heterocycles. The minimum absolute atomic E-state index is 0.0488. The topological polar surface area (TPSA) is 78.6 Å². The maximum Gasteiger partial charge on any atom is 0.420 e. The molecule has 5 nitrogen and oxygen atoms in total. The average molecular weight is 188 g/mol. The van der Waals surface area contributed by atoms with Crippen LogP contribution < -0.4 is 5.73 Å². The highest BCUT2D eigenvalue weighted by Gasteiger charge is 2.20. The first-order valence-electron chi connectivity index (χ1n) is 4.04. The van der Waals surface area contributed by atoms with Crippen LogP contribution in [0, 0.1) is 5.92 Å². The first-order chi connectivity index (χ1) is 6.13. The largest absolute Gasteiger partial charge is 0.427 e. The SMILES string of the molecule is CCC(C)C(N)C(=O)OCO[C]=O. The number of carbonyl (C=O) groups excluding carboxylic acids is 2. The van der Waals surface area contributed by atoms with Gasteiger partial charge in [-0.15, -0.1) is 0 Å². The molecule has 0 bridgehead atoms. The monoisotopic (exact) mass is 188 g/mol. The summed E-state index contributed by atoms with van der Waals surface area (Å²) in [5.74, 6) is -0.516. The Morgan fingerprint density at radius 2 is 2.23 bits per heavy atom. The molecule has 75 valence electrons. The van der Waals surface area contributed by atoms with Gasteiger partial charge in [0.2, 0.25) is 6.79 Å². The third kappa shape index (κ3) is 4.47. The van der Waals surface area contributed by atoms with Gasteiger partial charge in [-0.3, -0.25) is 4.79 Å². The van der Waals surface area contributed by atoms with Gasteiger partial charge in [-0.05, 0) is 5.92 Å². The molecule has 0 rings (SSSR count). The second kappa shape index (κ2) is 6.42. The molecule has 0 heterocycles. The second-order valence-corrected chi connectivity index (χ2v) is 2.72. The minimum Gasteiger partial charge on any atom is -0.427 e.